The molecule has 0 fully saturated rings. The Morgan fingerprint density at radius 2 is 2.07 bits per heavy atom. The highest BCUT2D eigenvalue weighted by Gasteiger charge is 2.31. The van der Waals surface area contributed by atoms with Crippen molar-refractivity contribution in [2.24, 2.45) is 0 Å². The van der Waals surface area contributed by atoms with Gasteiger partial charge in [0.15, 0.2) is 11.6 Å². The number of hydrogen-bond donors (Lipinski definition) is 4. The second-order valence-corrected chi connectivity index (χ2v) is 6.59. The summed E-state index contributed by atoms with van der Waals surface area (Å²) >= 11 is 0. The molecule has 2 heterocycles. The van der Waals surface area contributed by atoms with E-state index in [1.54, 1.807) is 37.4 Å². The van der Waals surface area contributed by atoms with Crippen LogP contribution in [-0.4, -0.2) is 29.2 Å². The molecular weight excluding hydrogens is 377 g/mol. The van der Waals surface area contributed by atoms with E-state index in [0.29, 0.717) is 16.9 Å². The van der Waals surface area contributed by atoms with Crippen LogP contribution in [0, 0.1) is 5.82 Å². The largest absolute Gasteiger partial charge is 0.494 e. The van der Waals surface area contributed by atoms with Gasteiger partial charge in [0.25, 0.3) is 5.91 Å². The SMILES string of the molecule is COc1ccc(C2NC(=O)NC(C)=C2C(=O)Nc2ccc3[nH]ncc3c2)cc1F. The molecule has 4 N–H and O–H groups in total. The van der Waals surface area contributed by atoms with Crippen molar-refractivity contribution < 1.29 is 18.7 Å². The molecule has 0 spiro atoms. The van der Waals surface area contributed by atoms with Crippen molar-refractivity contribution in [3.8, 4) is 5.75 Å². The number of halogens is 1. The van der Waals surface area contributed by atoms with Crippen LogP contribution in [0.3, 0.4) is 0 Å². The number of methoxy groups -OCH3 is 1. The van der Waals surface area contributed by atoms with Crippen molar-refractivity contribution in [2.45, 2.75) is 13.0 Å². The molecule has 2 aromatic carbocycles. The van der Waals surface area contributed by atoms with E-state index in [1.165, 1.54) is 19.2 Å². The molecule has 0 radical (unpaired) electrons. The third-order valence-electron chi connectivity index (χ3n) is 4.72. The number of aromatic nitrogens is 2. The number of anilines is 1. The predicted octanol–water partition coefficient (Wildman–Crippen LogP) is 2.98. The summed E-state index contributed by atoms with van der Waals surface area (Å²) in [6, 6.07) is 8.34. The second kappa shape index (κ2) is 7.27. The number of nitrogens with zero attached hydrogens (tertiary/aromatic N) is 1. The van der Waals surface area contributed by atoms with Crippen LogP contribution in [0.1, 0.15) is 18.5 Å². The zero-order valence-electron chi connectivity index (χ0n) is 15.7. The predicted molar refractivity (Wildman–Crippen MR) is 105 cm³/mol. The summed E-state index contributed by atoms with van der Waals surface area (Å²) in [5.41, 5.74) is 2.50. The number of fused-ring (bicyclic) bond motifs is 1. The Balaban J connectivity index is 1.67. The molecule has 0 bridgehead atoms. The first kappa shape index (κ1) is 18.5. The Bertz CT molecular complexity index is 1150. The average molecular weight is 395 g/mol. The lowest BCUT2D eigenvalue weighted by Crippen LogP contribution is -2.46. The minimum atomic E-state index is -0.818. The molecule has 148 valence electrons. The van der Waals surface area contributed by atoms with Crippen molar-refractivity contribution in [3.05, 3.63) is 65.2 Å². The lowest BCUT2D eigenvalue weighted by Gasteiger charge is -2.28. The van der Waals surface area contributed by atoms with Gasteiger partial charge in [0, 0.05) is 16.8 Å². The second-order valence-electron chi connectivity index (χ2n) is 6.59. The smallest absolute Gasteiger partial charge is 0.319 e. The van der Waals surface area contributed by atoms with Gasteiger partial charge in [0.05, 0.1) is 30.4 Å². The van der Waals surface area contributed by atoms with E-state index in [9.17, 15) is 14.0 Å². The number of allylic oxidation sites excluding steroid dienone is 1. The third-order valence-corrected chi connectivity index (χ3v) is 4.72. The van der Waals surface area contributed by atoms with Gasteiger partial charge in [-0.05, 0) is 42.8 Å². The molecule has 3 amide bonds. The number of H-pyrrole nitrogens is 1. The quantitative estimate of drug-likeness (QED) is 0.545. The Hall–Kier alpha value is -3.88. The Morgan fingerprint density at radius 1 is 1.24 bits per heavy atom. The highest BCUT2D eigenvalue weighted by molar-refractivity contribution is 6.07. The Morgan fingerprint density at radius 3 is 2.83 bits per heavy atom. The average Bonchev–Trinajstić information content (AvgIpc) is 3.15. The first-order chi connectivity index (χ1) is 14.0. The molecule has 0 saturated carbocycles. The lowest BCUT2D eigenvalue weighted by molar-refractivity contribution is -0.113. The van der Waals surface area contributed by atoms with Gasteiger partial charge in [0.2, 0.25) is 0 Å². The van der Waals surface area contributed by atoms with Crippen molar-refractivity contribution in [1.29, 1.82) is 0 Å². The van der Waals surface area contributed by atoms with E-state index in [2.05, 4.69) is 26.1 Å². The van der Waals surface area contributed by atoms with E-state index in [-0.39, 0.29) is 11.3 Å². The fourth-order valence-electron chi connectivity index (χ4n) is 3.33. The topological polar surface area (TPSA) is 108 Å². The normalized spacial score (nSPS) is 16.4. The molecule has 1 aliphatic heterocycles. The van der Waals surface area contributed by atoms with Crippen molar-refractivity contribution in [3.63, 3.8) is 0 Å². The highest BCUT2D eigenvalue weighted by Crippen LogP contribution is 2.30. The summed E-state index contributed by atoms with van der Waals surface area (Å²) < 4.78 is 19.2. The van der Waals surface area contributed by atoms with E-state index >= 15 is 0 Å². The summed E-state index contributed by atoms with van der Waals surface area (Å²) in [6.45, 7) is 1.62. The third kappa shape index (κ3) is 3.49. The van der Waals surface area contributed by atoms with Gasteiger partial charge in [0.1, 0.15) is 0 Å². The summed E-state index contributed by atoms with van der Waals surface area (Å²) in [7, 11) is 1.37. The van der Waals surface area contributed by atoms with Gasteiger partial charge in [-0.2, -0.15) is 5.10 Å². The number of aromatic amines is 1. The number of carbonyl (C=O) groups excluding carboxylic acids is 2. The highest BCUT2D eigenvalue weighted by atomic mass is 19.1. The van der Waals surface area contributed by atoms with Crippen LogP contribution in [0.15, 0.2) is 53.9 Å². The fourth-order valence-corrected chi connectivity index (χ4v) is 3.33. The van der Waals surface area contributed by atoms with Crippen molar-refractivity contribution in [1.82, 2.24) is 20.8 Å². The molecule has 1 aliphatic rings. The van der Waals surface area contributed by atoms with Crippen molar-refractivity contribution in [2.75, 3.05) is 12.4 Å². The van der Waals surface area contributed by atoms with Gasteiger partial charge < -0.3 is 20.7 Å². The Labute approximate surface area is 165 Å². The summed E-state index contributed by atoms with van der Waals surface area (Å²) in [5, 5.41) is 15.7. The van der Waals surface area contributed by atoms with Crippen molar-refractivity contribution >= 4 is 28.5 Å². The van der Waals surface area contributed by atoms with Gasteiger partial charge in [-0.1, -0.05) is 6.07 Å². The molecule has 1 atom stereocenters. The summed E-state index contributed by atoms with van der Waals surface area (Å²) in [6.07, 6.45) is 1.65. The number of hydrogen-bond acceptors (Lipinski definition) is 4. The van der Waals surface area contributed by atoms with Crippen LogP contribution in [0.4, 0.5) is 14.9 Å². The van der Waals surface area contributed by atoms with Gasteiger partial charge in [-0.3, -0.25) is 9.89 Å². The standard InChI is InChI=1S/C20H18FN5O3/c1-10-17(19(27)24-13-4-5-15-12(7-13)9-22-26-15)18(25-20(28)23-10)11-3-6-16(29-2)14(21)8-11/h3-9,18H,1-2H3,(H,22,26)(H,24,27)(H2,23,25,28). The van der Waals surface area contributed by atoms with Crippen LogP contribution in [0.5, 0.6) is 5.75 Å². The molecule has 3 aromatic rings. The molecule has 0 aliphatic carbocycles. The van der Waals surface area contributed by atoms with Crippen LogP contribution < -0.4 is 20.7 Å². The van der Waals surface area contributed by atoms with Crippen LogP contribution >= 0.6 is 0 Å². The van der Waals surface area contributed by atoms with E-state index < -0.39 is 23.8 Å². The first-order valence-corrected chi connectivity index (χ1v) is 8.82. The number of carbonyl (C=O) groups is 2. The number of nitrogens with one attached hydrogen (secondary N) is 4. The minimum Gasteiger partial charge on any atom is -0.494 e. The van der Waals surface area contributed by atoms with Crippen LogP contribution in [0.2, 0.25) is 0 Å². The fraction of sp³-hybridized carbons (Fsp3) is 0.150. The number of urea groups is 1. The maximum Gasteiger partial charge on any atom is 0.319 e. The summed E-state index contributed by atoms with van der Waals surface area (Å²) in [5.74, 6) is -0.922. The monoisotopic (exact) mass is 395 g/mol. The zero-order chi connectivity index (χ0) is 20.5. The number of rotatable bonds is 4. The van der Waals surface area contributed by atoms with Crippen LogP contribution in [0.25, 0.3) is 10.9 Å². The minimum absolute atomic E-state index is 0.0779. The maximum atomic E-state index is 14.2. The molecule has 0 saturated heterocycles. The summed E-state index contributed by atoms with van der Waals surface area (Å²) in [4.78, 5) is 25.0. The van der Waals surface area contributed by atoms with Gasteiger partial charge >= 0.3 is 6.03 Å². The molecule has 1 aromatic heterocycles. The molecular formula is C20H18FN5O3. The molecule has 29 heavy (non-hydrogen) atoms. The Kier molecular flexibility index (Phi) is 4.63. The van der Waals surface area contributed by atoms with E-state index in [1.807, 2.05) is 0 Å². The molecule has 9 heteroatoms. The van der Waals surface area contributed by atoms with Crippen LogP contribution in [-0.2, 0) is 4.79 Å². The first-order valence-electron chi connectivity index (χ1n) is 8.82. The maximum absolute atomic E-state index is 14.2. The van der Waals surface area contributed by atoms with Gasteiger partial charge in [-0.15, -0.1) is 0 Å². The zero-order valence-corrected chi connectivity index (χ0v) is 15.7. The van der Waals surface area contributed by atoms with Gasteiger partial charge in [-0.25, -0.2) is 9.18 Å². The van der Waals surface area contributed by atoms with E-state index in [4.69, 9.17) is 4.74 Å². The number of ether oxygens (including phenoxy) is 1. The van der Waals surface area contributed by atoms with E-state index in [0.717, 1.165) is 10.9 Å². The lowest BCUT2D eigenvalue weighted by atomic mass is 9.94. The molecule has 1 unspecified atom stereocenters. The molecule has 4 rings (SSSR count). The number of benzene rings is 2. The number of amides is 3. The molecule has 8 nitrogen and oxygen atoms in total.